The highest BCUT2D eigenvalue weighted by Crippen LogP contribution is 2.28. The number of anilines is 1. The van der Waals surface area contributed by atoms with E-state index < -0.39 is 11.7 Å². The lowest BCUT2D eigenvalue weighted by atomic mass is 10.2. The average molecular weight is 429 g/mol. The fourth-order valence-electron chi connectivity index (χ4n) is 3.11. The van der Waals surface area contributed by atoms with Gasteiger partial charge in [-0.05, 0) is 31.9 Å². The van der Waals surface area contributed by atoms with Crippen molar-refractivity contribution in [2.24, 2.45) is 10.9 Å². The van der Waals surface area contributed by atoms with Crippen LogP contribution in [0, 0.1) is 5.92 Å². The molecule has 1 saturated heterocycles. The Morgan fingerprint density at radius 3 is 2.73 bits per heavy atom. The minimum absolute atomic E-state index is 0.00249. The summed E-state index contributed by atoms with van der Waals surface area (Å²) < 4.78 is 37.6. The second-order valence-corrected chi connectivity index (χ2v) is 7.54. The smallest absolute Gasteiger partial charge is 0.370 e. The van der Waals surface area contributed by atoms with E-state index in [0.29, 0.717) is 37.8 Å². The number of pyridine rings is 1. The van der Waals surface area contributed by atoms with Gasteiger partial charge in [0.15, 0.2) is 5.96 Å². The number of alkyl halides is 3. The molecule has 0 aliphatic carbocycles. The molecule has 0 saturated carbocycles. The number of aliphatic imine (C=N–C) groups is 1. The lowest BCUT2D eigenvalue weighted by molar-refractivity contribution is -0.137. The van der Waals surface area contributed by atoms with E-state index in [-0.39, 0.29) is 17.9 Å². The highest BCUT2D eigenvalue weighted by Gasteiger charge is 2.30. The van der Waals surface area contributed by atoms with Crippen molar-refractivity contribution in [3.05, 3.63) is 23.9 Å². The van der Waals surface area contributed by atoms with E-state index in [1.54, 1.807) is 0 Å². The summed E-state index contributed by atoms with van der Waals surface area (Å²) in [4.78, 5) is 22.3. The number of carbonyl (C=O) groups excluding carboxylic acids is 1. The van der Waals surface area contributed by atoms with E-state index in [0.717, 1.165) is 31.8 Å². The highest BCUT2D eigenvalue weighted by molar-refractivity contribution is 5.81. The van der Waals surface area contributed by atoms with Gasteiger partial charge in [-0.15, -0.1) is 0 Å². The highest BCUT2D eigenvalue weighted by atomic mass is 19.4. The zero-order valence-electron chi connectivity index (χ0n) is 17.7. The van der Waals surface area contributed by atoms with Gasteiger partial charge in [-0.25, -0.2) is 4.98 Å². The summed E-state index contributed by atoms with van der Waals surface area (Å²) in [6, 6.07) is 2.50. The van der Waals surface area contributed by atoms with Gasteiger partial charge in [0.2, 0.25) is 5.91 Å². The van der Waals surface area contributed by atoms with Gasteiger partial charge in [0, 0.05) is 50.9 Å². The van der Waals surface area contributed by atoms with Gasteiger partial charge in [-0.3, -0.25) is 9.79 Å². The number of aromatic nitrogens is 1. The summed E-state index contributed by atoms with van der Waals surface area (Å²) in [7, 11) is 0. The van der Waals surface area contributed by atoms with Crippen LogP contribution in [0.3, 0.4) is 0 Å². The molecular formula is C20H31F3N6O. The van der Waals surface area contributed by atoms with Crippen molar-refractivity contribution in [1.29, 1.82) is 0 Å². The first-order valence-corrected chi connectivity index (χ1v) is 10.3. The minimum atomic E-state index is -4.38. The number of hydrogen-bond acceptors (Lipinski definition) is 4. The number of halogens is 3. The van der Waals surface area contributed by atoms with Crippen LogP contribution < -0.4 is 16.0 Å². The van der Waals surface area contributed by atoms with Crippen molar-refractivity contribution in [3.8, 4) is 0 Å². The Bertz CT molecular complexity index is 705. The van der Waals surface area contributed by atoms with Crippen molar-refractivity contribution in [2.45, 2.75) is 45.8 Å². The second kappa shape index (κ2) is 11.0. The Balaban J connectivity index is 1.75. The number of amides is 1. The number of guanidine groups is 1. The fourth-order valence-corrected chi connectivity index (χ4v) is 3.11. The lowest BCUT2D eigenvalue weighted by Gasteiger charge is -2.20. The molecule has 1 fully saturated rings. The summed E-state index contributed by atoms with van der Waals surface area (Å²) in [5, 5.41) is 9.58. The summed E-state index contributed by atoms with van der Waals surface area (Å²) >= 11 is 0. The molecular weight excluding hydrogens is 397 g/mol. The first kappa shape index (κ1) is 23.8. The SMILES string of the molecule is CCNC(=NCCCNc1ccc(C(F)(F)F)cn1)NC1CCN(C(=O)C(C)C)C1. The molecule has 0 radical (unpaired) electrons. The average Bonchev–Trinajstić information content (AvgIpc) is 3.15. The van der Waals surface area contributed by atoms with Crippen molar-refractivity contribution in [2.75, 3.05) is 38.0 Å². The third-order valence-electron chi connectivity index (χ3n) is 4.68. The van der Waals surface area contributed by atoms with Crippen molar-refractivity contribution in [3.63, 3.8) is 0 Å². The molecule has 1 aromatic heterocycles. The number of carbonyl (C=O) groups is 1. The monoisotopic (exact) mass is 428 g/mol. The van der Waals surface area contributed by atoms with E-state index >= 15 is 0 Å². The number of nitrogens with zero attached hydrogens (tertiary/aromatic N) is 3. The van der Waals surface area contributed by atoms with Crippen LogP contribution in [0.4, 0.5) is 19.0 Å². The Labute approximate surface area is 175 Å². The lowest BCUT2D eigenvalue weighted by Crippen LogP contribution is -2.45. The van der Waals surface area contributed by atoms with Gasteiger partial charge in [-0.2, -0.15) is 13.2 Å². The minimum Gasteiger partial charge on any atom is -0.370 e. The van der Waals surface area contributed by atoms with E-state index in [1.165, 1.54) is 6.07 Å². The van der Waals surface area contributed by atoms with Gasteiger partial charge in [0.25, 0.3) is 0 Å². The molecule has 0 spiro atoms. The predicted molar refractivity (Wildman–Crippen MR) is 111 cm³/mol. The van der Waals surface area contributed by atoms with Crippen LogP contribution in [0.2, 0.25) is 0 Å². The quantitative estimate of drug-likeness (QED) is 0.337. The van der Waals surface area contributed by atoms with Crippen LogP contribution >= 0.6 is 0 Å². The van der Waals surface area contributed by atoms with Crippen LogP contribution in [0.1, 0.15) is 39.2 Å². The maximum absolute atomic E-state index is 12.5. The molecule has 0 aromatic carbocycles. The number of hydrogen-bond donors (Lipinski definition) is 3. The molecule has 7 nitrogen and oxygen atoms in total. The molecule has 1 amide bonds. The standard InChI is InChI=1S/C20H31F3N6O/c1-4-24-19(28-16-8-11-29(13-16)18(30)14(2)3)26-10-5-9-25-17-7-6-15(12-27-17)20(21,22)23/h6-7,12,14,16H,4-5,8-11,13H2,1-3H3,(H,25,27)(H2,24,26,28). The number of likely N-dealkylation sites (tertiary alicyclic amines) is 1. The topological polar surface area (TPSA) is 81.7 Å². The van der Waals surface area contributed by atoms with Crippen molar-refractivity contribution in [1.82, 2.24) is 20.5 Å². The zero-order valence-corrected chi connectivity index (χ0v) is 17.7. The molecule has 168 valence electrons. The van der Waals surface area contributed by atoms with Crippen molar-refractivity contribution < 1.29 is 18.0 Å². The third kappa shape index (κ3) is 7.38. The summed E-state index contributed by atoms with van der Waals surface area (Å²) in [5.74, 6) is 1.27. The van der Waals surface area contributed by atoms with E-state index in [4.69, 9.17) is 0 Å². The maximum atomic E-state index is 12.5. The molecule has 1 unspecified atom stereocenters. The van der Waals surface area contributed by atoms with Crippen LogP contribution in [0.25, 0.3) is 0 Å². The van der Waals surface area contributed by atoms with Crippen molar-refractivity contribution >= 4 is 17.7 Å². The Morgan fingerprint density at radius 2 is 2.13 bits per heavy atom. The van der Waals surface area contributed by atoms with E-state index in [9.17, 15) is 18.0 Å². The molecule has 2 rings (SSSR count). The second-order valence-electron chi connectivity index (χ2n) is 7.54. The predicted octanol–water partition coefficient (Wildman–Crippen LogP) is 2.71. The molecule has 1 atom stereocenters. The zero-order chi connectivity index (χ0) is 22.1. The number of rotatable bonds is 8. The van der Waals surface area contributed by atoms with Crippen LogP contribution in [0.5, 0.6) is 0 Å². The molecule has 2 heterocycles. The van der Waals surface area contributed by atoms with Crippen LogP contribution in [-0.4, -0.2) is 60.5 Å². The molecule has 10 heteroatoms. The molecule has 30 heavy (non-hydrogen) atoms. The summed E-state index contributed by atoms with van der Waals surface area (Å²) in [5.41, 5.74) is -0.764. The first-order chi connectivity index (χ1) is 14.2. The Morgan fingerprint density at radius 1 is 1.37 bits per heavy atom. The molecule has 0 bridgehead atoms. The normalized spacial score (nSPS) is 17.4. The summed E-state index contributed by atoms with van der Waals surface area (Å²) in [6.45, 7) is 9.03. The molecule has 1 aliphatic rings. The van der Waals surface area contributed by atoms with E-state index in [1.807, 2.05) is 25.7 Å². The summed E-state index contributed by atoms with van der Waals surface area (Å²) in [6.07, 6.45) is -1.98. The Kier molecular flexibility index (Phi) is 8.73. The fraction of sp³-hybridized carbons (Fsp3) is 0.650. The van der Waals surface area contributed by atoms with Gasteiger partial charge < -0.3 is 20.9 Å². The van der Waals surface area contributed by atoms with Crippen LogP contribution in [0.15, 0.2) is 23.3 Å². The van der Waals surface area contributed by atoms with Gasteiger partial charge in [-0.1, -0.05) is 13.8 Å². The number of nitrogens with one attached hydrogen (secondary N) is 3. The first-order valence-electron chi connectivity index (χ1n) is 10.3. The molecule has 1 aromatic rings. The van der Waals surface area contributed by atoms with Crippen LogP contribution in [-0.2, 0) is 11.0 Å². The molecule has 1 aliphatic heterocycles. The van der Waals surface area contributed by atoms with Gasteiger partial charge >= 0.3 is 6.18 Å². The largest absolute Gasteiger partial charge is 0.417 e. The molecule has 3 N–H and O–H groups in total. The maximum Gasteiger partial charge on any atom is 0.417 e. The Hall–Kier alpha value is -2.52. The van der Waals surface area contributed by atoms with Gasteiger partial charge in [0.1, 0.15) is 5.82 Å². The third-order valence-corrected chi connectivity index (χ3v) is 4.68. The van der Waals surface area contributed by atoms with E-state index in [2.05, 4.69) is 25.9 Å². The van der Waals surface area contributed by atoms with Gasteiger partial charge in [0.05, 0.1) is 5.56 Å².